The van der Waals surface area contributed by atoms with Crippen molar-refractivity contribution in [3.8, 4) is 5.75 Å². The number of nitrogens with one attached hydrogen (secondary N) is 9. The zero-order valence-corrected chi connectivity index (χ0v) is 57.1. The van der Waals surface area contributed by atoms with Crippen LogP contribution in [0, 0.1) is 5.92 Å². The van der Waals surface area contributed by atoms with E-state index in [0.29, 0.717) is 23.1 Å². The Hall–Kier alpha value is -10.3. The highest BCUT2D eigenvalue weighted by Gasteiger charge is 2.40. The van der Waals surface area contributed by atoms with Gasteiger partial charge in [-0.05, 0) is 91.8 Å². The molecule has 10 atom stereocenters. The van der Waals surface area contributed by atoms with Gasteiger partial charge in [0.05, 0.1) is 24.9 Å². The molecule has 13 amide bonds. The SMILES string of the molecule is CC(=O)NCCSC(=O)[C@H](CC(C)C)NC(=O)[C@H](CCCN)NC(=O)[C@H](CC(N)=O)NC(=O)[C@H](Cc1ccc(O)cc1)NC(=O)[C@H](CCC(N)=O)NC(=O)[C@H](CC(N)=O)NC(=O)[C@@H](Cc1ccccc1)NC(=O)[C@H](Cc1ccccc1)NC(=O)[C@@H]1CCCN1C(=O)[C@H](N)Cc1ccccc1. The minimum Gasteiger partial charge on any atom is -0.508 e. The van der Waals surface area contributed by atoms with Gasteiger partial charge in [-0.1, -0.05) is 129 Å². The number of benzene rings is 4. The second-order valence-corrected chi connectivity index (χ2v) is 25.9. The van der Waals surface area contributed by atoms with Crippen LogP contribution in [0.2, 0.25) is 0 Å². The fourth-order valence-electron chi connectivity index (χ4n) is 11.0. The average Bonchev–Trinajstić information content (AvgIpc) is 1.56. The number of amides is 13. The lowest BCUT2D eigenvalue weighted by molar-refractivity contribution is -0.140. The van der Waals surface area contributed by atoms with Gasteiger partial charge in [-0.15, -0.1) is 0 Å². The fourth-order valence-corrected chi connectivity index (χ4v) is 11.7. The molecule has 0 saturated carbocycles. The van der Waals surface area contributed by atoms with Gasteiger partial charge in [0.15, 0.2) is 0 Å². The maximum Gasteiger partial charge on any atom is 0.243 e. The molecule has 1 fully saturated rings. The number of carbonyl (C=O) groups excluding carboxylic acids is 14. The first-order chi connectivity index (χ1) is 47.6. The van der Waals surface area contributed by atoms with Crippen molar-refractivity contribution in [1.82, 2.24) is 52.8 Å². The third kappa shape index (κ3) is 27.9. The molecule has 100 heavy (non-hydrogen) atoms. The monoisotopic (exact) mass is 1400 g/mol. The maximum absolute atomic E-state index is 14.7. The minimum atomic E-state index is -1.91. The Balaban J connectivity index is 1.40. The molecule has 20 N–H and O–H groups in total. The molecule has 540 valence electrons. The van der Waals surface area contributed by atoms with Crippen LogP contribution < -0.4 is 76.5 Å². The van der Waals surface area contributed by atoms with Crippen LogP contribution in [0.4, 0.5) is 0 Å². The van der Waals surface area contributed by atoms with E-state index in [1.165, 1.54) is 36.1 Å². The van der Waals surface area contributed by atoms with Gasteiger partial charge in [0.25, 0.3) is 0 Å². The smallest absolute Gasteiger partial charge is 0.243 e. The number of rotatable bonds is 41. The summed E-state index contributed by atoms with van der Waals surface area (Å²) in [5, 5.41) is 32.8. The molecule has 0 spiro atoms. The van der Waals surface area contributed by atoms with E-state index >= 15 is 0 Å². The van der Waals surface area contributed by atoms with E-state index in [1.807, 2.05) is 44.2 Å². The molecule has 0 bridgehead atoms. The van der Waals surface area contributed by atoms with Gasteiger partial charge < -0.3 is 86.5 Å². The molecule has 0 radical (unpaired) electrons. The molecule has 0 aliphatic carbocycles. The molecule has 4 aromatic carbocycles. The average molecular weight is 1400 g/mol. The fraction of sp³-hybridized carbons (Fsp3) is 0.449. The number of hydrogen-bond donors (Lipinski definition) is 15. The topological polar surface area (TPSA) is 501 Å². The number of phenols is 1. The van der Waals surface area contributed by atoms with E-state index in [9.17, 15) is 72.2 Å². The molecule has 0 unspecified atom stereocenters. The maximum atomic E-state index is 14.7. The Labute approximate surface area is 584 Å². The Morgan fingerprint density at radius 2 is 0.910 bits per heavy atom. The van der Waals surface area contributed by atoms with Crippen LogP contribution in [0.5, 0.6) is 5.75 Å². The molecule has 1 heterocycles. The number of likely N-dealkylation sites (tertiary alicyclic amines) is 1. The van der Waals surface area contributed by atoms with E-state index in [4.69, 9.17) is 28.7 Å². The summed E-state index contributed by atoms with van der Waals surface area (Å²) in [7, 11) is 0. The normalized spacial score (nSPS) is 15.3. The third-order valence-corrected chi connectivity index (χ3v) is 17.0. The van der Waals surface area contributed by atoms with Crippen molar-refractivity contribution in [2.75, 3.05) is 25.4 Å². The van der Waals surface area contributed by atoms with E-state index in [-0.39, 0.29) is 87.9 Å². The highest BCUT2D eigenvalue weighted by molar-refractivity contribution is 8.13. The van der Waals surface area contributed by atoms with Crippen LogP contribution in [0.1, 0.15) is 101 Å². The lowest BCUT2D eigenvalue weighted by atomic mass is 10.0. The Morgan fingerprint density at radius 1 is 0.510 bits per heavy atom. The molecule has 4 aromatic rings. The van der Waals surface area contributed by atoms with Gasteiger partial charge in [-0.25, -0.2) is 0 Å². The van der Waals surface area contributed by atoms with Crippen LogP contribution in [0.15, 0.2) is 115 Å². The zero-order chi connectivity index (χ0) is 73.4. The number of carbonyl (C=O) groups is 14. The molecule has 1 aliphatic heterocycles. The van der Waals surface area contributed by atoms with Crippen molar-refractivity contribution in [2.45, 2.75) is 165 Å². The van der Waals surface area contributed by atoms with Gasteiger partial charge in [0.1, 0.15) is 54.1 Å². The molecule has 31 heteroatoms. The van der Waals surface area contributed by atoms with Gasteiger partial charge >= 0.3 is 0 Å². The highest BCUT2D eigenvalue weighted by atomic mass is 32.2. The van der Waals surface area contributed by atoms with Crippen molar-refractivity contribution in [3.63, 3.8) is 0 Å². The molecule has 5 rings (SSSR count). The van der Waals surface area contributed by atoms with Crippen molar-refractivity contribution in [2.24, 2.45) is 34.6 Å². The van der Waals surface area contributed by atoms with Crippen LogP contribution in [0.3, 0.4) is 0 Å². The summed E-state index contributed by atoms with van der Waals surface area (Å²) in [6.45, 7) is 5.43. The number of thioether (sulfide) groups is 1. The first-order valence-electron chi connectivity index (χ1n) is 33.0. The van der Waals surface area contributed by atoms with Crippen molar-refractivity contribution in [3.05, 3.63) is 138 Å². The Bertz CT molecular complexity index is 3460. The van der Waals surface area contributed by atoms with E-state index in [2.05, 4.69) is 47.9 Å². The summed E-state index contributed by atoms with van der Waals surface area (Å²) >= 11 is 0.882. The van der Waals surface area contributed by atoms with Crippen molar-refractivity contribution < 1.29 is 72.2 Å². The summed E-state index contributed by atoms with van der Waals surface area (Å²) in [5.41, 5.74) is 31.2. The second-order valence-electron chi connectivity index (χ2n) is 24.8. The predicted octanol–water partition coefficient (Wildman–Crippen LogP) is -1.94. The van der Waals surface area contributed by atoms with Gasteiger partial charge in [-0.3, -0.25) is 67.1 Å². The van der Waals surface area contributed by atoms with Gasteiger partial charge in [-0.2, -0.15) is 0 Å². The number of aromatic hydroxyl groups is 1. The van der Waals surface area contributed by atoms with E-state index in [1.54, 1.807) is 60.7 Å². The molecule has 1 aliphatic rings. The number of phenolic OH excluding ortho intramolecular Hbond substituents is 1. The van der Waals surface area contributed by atoms with E-state index in [0.717, 1.165) is 17.3 Å². The predicted molar refractivity (Wildman–Crippen MR) is 370 cm³/mol. The quantitative estimate of drug-likeness (QED) is 0.0215. The second kappa shape index (κ2) is 41.2. The van der Waals surface area contributed by atoms with E-state index < -0.39 is 169 Å². The molecule has 1 saturated heterocycles. The summed E-state index contributed by atoms with van der Waals surface area (Å²) < 4.78 is 0. The van der Waals surface area contributed by atoms with Gasteiger partial charge in [0, 0.05) is 51.4 Å². The summed E-state index contributed by atoms with van der Waals surface area (Å²) in [6, 6.07) is 16.8. The molecular formula is C69H93N15O15S. The summed E-state index contributed by atoms with van der Waals surface area (Å²) in [4.78, 5) is 194. The van der Waals surface area contributed by atoms with Crippen LogP contribution in [-0.4, -0.2) is 178 Å². The van der Waals surface area contributed by atoms with Gasteiger partial charge in [0.2, 0.25) is 81.9 Å². The largest absolute Gasteiger partial charge is 0.508 e. The number of primary amides is 3. The highest BCUT2D eigenvalue weighted by Crippen LogP contribution is 2.21. The molecule has 30 nitrogen and oxygen atoms in total. The summed E-state index contributed by atoms with van der Waals surface area (Å²) in [5.74, 6) is -12.0. The summed E-state index contributed by atoms with van der Waals surface area (Å²) in [6.07, 6.45) is -2.43. The molecular weight excluding hydrogens is 1310 g/mol. The zero-order valence-electron chi connectivity index (χ0n) is 56.2. The number of nitrogens with two attached hydrogens (primary N) is 5. The first-order valence-corrected chi connectivity index (χ1v) is 33.9. The first kappa shape index (κ1) is 80.4. The molecule has 0 aromatic heterocycles. The minimum absolute atomic E-state index is 0.0588. The standard InChI is InChI=1S/C69H93N15O15S/c1-40(2)33-55(69(99)100-32-30-75-41(3)85)83-60(90)48(21-13-29-70)76-65(95)53(38-58(73)88)80-63(93)51(37-45-23-25-46(86)26-24-45)78-61(91)49(27-28-57(72)87)77-66(96)54(39-59(74)89)81-62(92)50(35-43-17-9-5-10-18-43)79-64(94)52(36-44-19-11-6-12-20-44)82-67(97)56-22-14-31-84(56)68(98)47(71)34-42-15-7-4-8-16-42/h4-12,15-20,23-26,40,47-56,86H,13-14,21-22,27-39,70-71H2,1-3H3,(H2,72,87)(H2,73,88)(H2,74,89)(H,75,85)(H,76,95)(H,77,96)(H,78,91)(H,79,94)(H,80,93)(H,81,92)(H,82,97)(H,83,90)/t47-,48+,49+,50-,51+,52+,53+,54+,55+,56+/m1/s1. The lowest BCUT2D eigenvalue weighted by Crippen LogP contribution is -2.61. The van der Waals surface area contributed by atoms with Crippen LogP contribution in [0.25, 0.3) is 0 Å². The van der Waals surface area contributed by atoms with Crippen molar-refractivity contribution >= 4 is 93.7 Å². The number of hydrogen-bond acceptors (Lipinski definition) is 18. The number of nitrogens with zero attached hydrogens (tertiary/aromatic N) is 1. The van der Waals surface area contributed by atoms with Crippen molar-refractivity contribution in [1.29, 1.82) is 0 Å². The third-order valence-electron chi connectivity index (χ3n) is 16.0. The Kier molecular flexibility index (Phi) is 33.1. The van der Waals surface area contributed by atoms with Crippen LogP contribution >= 0.6 is 11.8 Å². The Morgan fingerprint density at radius 3 is 1.35 bits per heavy atom. The van der Waals surface area contributed by atoms with Crippen LogP contribution in [-0.2, 0) is 92.8 Å². The lowest BCUT2D eigenvalue weighted by Gasteiger charge is -2.29.